The number of esters is 2. The lowest BCUT2D eigenvalue weighted by Gasteiger charge is -2.06. The van der Waals surface area contributed by atoms with Crippen LogP contribution >= 0.6 is 11.6 Å². The van der Waals surface area contributed by atoms with Gasteiger partial charge in [-0.05, 0) is 24.3 Å². The molecule has 0 saturated heterocycles. The first-order valence-corrected chi connectivity index (χ1v) is 6.30. The van der Waals surface area contributed by atoms with Crippen molar-refractivity contribution < 1.29 is 19.1 Å². The van der Waals surface area contributed by atoms with Crippen molar-refractivity contribution in [2.45, 2.75) is 6.42 Å². The molecule has 21 heavy (non-hydrogen) atoms. The van der Waals surface area contributed by atoms with E-state index in [4.69, 9.17) is 16.3 Å². The zero-order valence-electron chi connectivity index (χ0n) is 11.4. The van der Waals surface area contributed by atoms with E-state index < -0.39 is 11.9 Å². The number of methoxy groups -OCH3 is 2. The van der Waals surface area contributed by atoms with E-state index in [-0.39, 0.29) is 17.8 Å². The van der Waals surface area contributed by atoms with Crippen molar-refractivity contribution in [3.63, 3.8) is 0 Å². The summed E-state index contributed by atoms with van der Waals surface area (Å²) in [6.45, 7) is 0. The van der Waals surface area contributed by atoms with Crippen molar-refractivity contribution in [1.29, 1.82) is 0 Å². The van der Waals surface area contributed by atoms with Crippen LogP contribution in [0.2, 0.25) is 5.02 Å². The fraction of sp³-hybridized carbons (Fsp3) is 0.231. The maximum atomic E-state index is 11.9. The topological polar surface area (TPSA) is 83.3 Å². The lowest BCUT2D eigenvalue weighted by atomic mass is 10.2. The fourth-order valence-corrected chi connectivity index (χ4v) is 1.83. The molecule has 0 aliphatic heterocycles. The van der Waals surface area contributed by atoms with Crippen molar-refractivity contribution in [2.75, 3.05) is 14.2 Å². The number of nitrogens with zero attached hydrogens (tertiary/aromatic N) is 3. The van der Waals surface area contributed by atoms with E-state index >= 15 is 0 Å². The van der Waals surface area contributed by atoms with Gasteiger partial charge in [-0.15, -0.1) is 5.10 Å². The van der Waals surface area contributed by atoms with Gasteiger partial charge < -0.3 is 9.47 Å². The standard InChI is InChI=1S/C13H12ClN3O4/c1-20-11(18)7-10-12(13(19)21-2)17(16-15-10)9-5-3-8(14)4-6-9/h3-6H,7H2,1-2H3. The second kappa shape index (κ2) is 6.36. The maximum Gasteiger partial charge on any atom is 0.358 e. The number of halogens is 1. The minimum absolute atomic E-state index is 0.0743. The molecule has 1 heterocycles. The minimum Gasteiger partial charge on any atom is -0.469 e. The van der Waals surface area contributed by atoms with Crippen molar-refractivity contribution in [1.82, 2.24) is 15.0 Å². The lowest BCUT2D eigenvalue weighted by Crippen LogP contribution is -2.14. The molecule has 0 unspecified atom stereocenters. The first-order chi connectivity index (χ1) is 10.1. The molecule has 0 aliphatic carbocycles. The summed E-state index contributed by atoms with van der Waals surface area (Å²) in [5.74, 6) is -1.17. The second-order valence-electron chi connectivity index (χ2n) is 4.02. The number of carbonyl (C=O) groups excluding carboxylic acids is 2. The summed E-state index contributed by atoms with van der Waals surface area (Å²) in [6.07, 6.45) is -0.172. The SMILES string of the molecule is COC(=O)Cc1nnn(-c2ccc(Cl)cc2)c1C(=O)OC. The zero-order valence-corrected chi connectivity index (χ0v) is 12.1. The highest BCUT2D eigenvalue weighted by molar-refractivity contribution is 6.30. The summed E-state index contributed by atoms with van der Waals surface area (Å²) in [5, 5.41) is 8.29. The van der Waals surface area contributed by atoms with E-state index in [1.165, 1.54) is 18.9 Å². The summed E-state index contributed by atoms with van der Waals surface area (Å²) in [7, 11) is 2.49. The molecule has 0 radical (unpaired) electrons. The van der Waals surface area contributed by atoms with Crippen LogP contribution in [-0.4, -0.2) is 41.2 Å². The fourth-order valence-electron chi connectivity index (χ4n) is 1.70. The third-order valence-electron chi connectivity index (χ3n) is 2.73. The van der Waals surface area contributed by atoms with Gasteiger partial charge in [0, 0.05) is 5.02 Å². The molecule has 0 atom stereocenters. The number of aromatic nitrogens is 3. The van der Waals surface area contributed by atoms with Gasteiger partial charge in [0.15, 0.2) is 5.69 Å². The molecule has 8 heteroatoms. The van der Waals surface area contributed by atoms with Gasteiger partial charge >= 0.3 is 11.9 Å². The van der Waals surface area contributed by atoms with Crippen LogP contribution < -0.4 is 0 Å². The Morgan fingerprint density at radius 3 is 2.43 bits per heavy atom. The molecule has 0 fully saturated rings. The Morgan fingerprint density at radius 1 is 1.19 bits per heavy atom. The Kier molecular flexibility index (Phi) is 4.54. The molecule has 110 valence electrons. The summed E-state index contributed by atoms with van der Waals surface area (Å²) >= 11 is 5.82. The van der Waals surface area contributed by atoms with Gasteiger partial charge in [0.2, 0.25) is 0 Å². The number of carbonyl (C=O) groups is 2. The van der Waals surface area contributed by atoms with Crippen molar-refractivity contribution >= 4 is 23.5 Å². The molecule has 0 amide bonds. The summed E-state index contributed by atoms with van der Waals surface area (Å²) < 4.78 is 10.6. The molecule has 0 saturated carbocycles. The zero-order chi connectivity index (χ0) is 15.4. The lowest BCUT2D eigenvalue weighted by molar-refractivity contribution is -0.139. The minimum atomic E-state index is -0.645. The number of rotatable bonds is 4. The van der Waals surface area contributed by atoms with E-state index in [2.05, 4.69) is 15.0 Å². The highest BCUT2D eigenvalue weighted by Gasteiger charge is 2.24. The first-order valence-electron chi connectivity index (χ1n) is 5.92. The largest absolute Gasteiger partial charge is 0.469 e. The van der Waals surface area contributed by atoms with Crippen LogP contribution in [0, 0.1) is 0 Å². The third-order valence-corrected chi connectivity index (χ3v) is 2.98. The molecular weight excluding hydrogens is 298 g/mol. The van der Waals surface area contributed by atoms with Crippen LogP contribution in [-0.2, 0) is 20.7 Å². The quantitative estimate of drug-likeness (QED) is 0.794. The second-order valence-corrected chi connectivity index (χ2v) is 4.45. The van der Waals surface area contributed by atoms with E-state index in [0.29, 0.717) is 10.7 Å². The monoisotopic (exact) mass is 309 g/mol. The maximum absolute atomic E-state index is 11.9. The van der Waals surface area contributed by atoms with E-state index in [1.54, 1.807) is 24.3 Å². The predicted molar refractivity (Wildman–Crippen MR) is 73.4 cm³/mol. The van der Waals surface area contributed by atoms with Gasteiger partial charge in [0.05, 0.1) is 26.3 Å². The van der Waals surface area contributed by atoms with Gasteiger partial charge in [0.25, 0.3) is 0 Å². The normalized spacial score (nSPS) is 10.2. The van der Waals surface area contributed by atoms with Crippen LogP contribution in [0.1, 0.15) is 16.2 Å². The number of benzene rings is 1. The van der Waals surface area contributed by atoms with Crippen molar-refractivity contribution in [3.05, 3.63) is 40.7 Å². The molecule has 0 aliphatic rings. The molecule has 0 spiro atoms. The summed E-state index contributed by atoms with van der Waals surface area (Å²) in [5.41, 5.74) is 0.831. The number of ether oxygens (including phenoxy) is 2. The third kappa shape index (κ3) is 3.19. The molecule has 7 nitrogen and oxygen atoms in total. The molecule has 2 rings (SSSR count). The van der Waals surface area contributed by atoms with Gasteiger partial charge in [-0.3, -0.25) is 4.79 Å². The molecule has 0 N–H and O–H groups in total. The number of hydrogen-bond acceptors (Lipinski definition) is 6. The van der Waals surface area contributed by atoms with Gasteiger partial charge in [-0.25, -0.2) is 9.48 Å². The molecule has 2 aromatic rings. The Labute approximate surface area is 125 Å². The van der Waals surface area contributed by atoms with Gasteiger partial charge in [-0.1, -0.05) is 16.8 Å². The Bertz CT molecular complexity index is 667. The van der Waals surface area contributed by atoms with E-state index in [9.17, 15) is 9.59 Å². The molecular formula is C13H12ClN3O4. The molecule has 0 bridgehead atoms. The predicted octanol–water partition coefficient (Wildman–Crippen LogP) is 1.42. The highest BCUT2D eigenvalue weighted by Crippen LogP contribution is 2.17. The van der Waals surface area contributed by atoms with E-state index in [0.717, 1.165) is 0 Å². The van der Waals surface area contributed by atoms with E-state index in [1.807, 2.05) is 0 Å². The first kappa shape index (κ1) is 15.0. The average Bonchev–Trinajstić information content (AvgIpc) is 2.90. The van der Waals surface area contributed by atoms with Crippen LogP contribution in [0.3, 0.4) is 0 Å². The smallest absolute Gasteiger partial charge is 0.358 e. The van der Waals surface area contributed by atoms with Crippen molar-refractivity contribution in [2.24, 2.45) is 0 Å². The Balaban J connectivity index is 2.48. The van der Waals surface area contributed by atoms with Crippen LogP contribution in [0.5, 0.6) is 0 Å². The van der Waals surface area contributed by atoms with Gasteiger partial charge in [0.1, 0.15) is 5.69 Å². The van der Waals surface area contributed by atoms with Crippen molar-refractivity contribution in [3.8, 4) is 5.69 Å². The summed E-state index contributed by atoms with van der Waals surface area (Å²) in [4.78, 5) is 23.3. The van der Waals surface area contributed by atoms with Crippen LogP contribution in [0.25, 0.3) is 5.69 Å². The molecule has 1 aromatic heterocycles. The highest BCUT2D eigenvalue weighted by atomic mass is 35.5. The molecule has 1 aromatic carbocycles. The summed E-state index contributed by atoms with van der Waals surface area (Å²) in [6, 6.07) is 6.65. The number of hydrogen-bond donors (Lipinski definition) is 0. The Hall–Kier alpha value is -2.41. The Morgan fingerprint density at radius 2 is 1.86 bits per heavy atom. The average molecular weight is 310 g/mol. The van der Waals surface area contributed by atoms with Crippen LogP contribution in [0.15, 0.2) is 24.3 Å². The van der Waals surface area contributed by atoms with Gasteiger partial charge in [-0.2, -0.15) is 0 Å². The van der Waals surface area contributed by atoms with Crippen LogP contribution in [0.4, 0.5) is 0 Å².